The summed E-state index contributed by atoms with van der Waals surface area (Å²) in [5.74, 6) is -2.64. The zero-order valence-electron chi connectivity index (χ0n) is 25.2. The van der Waals surface area contributed by atoms with Crippen LogP contribution >= 0.6 is 0 Å². The highest BCUT2D eigenvalue weighted by Crippen LogP contribution is 2.45. The van der Waals surface area contributed by atoms with Crippen molar-refractivity contribution >= 4 is 30.0 Å². The molecule has 2 saturated heterocycles. The third-order valence-electron chi connectivity index (χ3n) is 9.44. The first-order valence-corrected chi connectivity index (χ1v) is 15.8. The lowest BCUT2D eigenvalue weighted by atomic mass is 10.0. The van der Waals surface area contributed by atoms with Crippen molar-refractivity contribution < 1.29 is 43.3 Å². The van der Waals surface area contributed by atoms with Crippen LogP contribution in [-0.4, -0.2) is 94.5 Å². The molecule has 0 aromatic heterocycles. The fourth-order valence-corrected chi connectivity index (χ4v) is 6.76. The van der Waals surface area contributed by atoms with E-state index < -0.39 is 59.8 Å². The molecule has 1 aromatic carbocycles. The Morgan fingerprint density at radius 1 is 1.02 bits per heavy atom. The maximum atomic E-state index is 14.1. The average Bonchev–Trinajstić information content (AvgIpc) is 3.43. The molecule has 4 aliphatic heterocycles. The molecule has 6 rings (SSSR count). The number of amides is 4. The fourth-order valence-electron chi connectivity index (χ4n) is 6.76. The number of hydrogen-bond acceptors (Lipinski definition) is 8. The van der Waals surface area contributed by atoms with Gasteiger partial charge in [0.15, 0.2) is 0 Å². The molecule has 4 heterocycles. The van der Waals surface area contributed by atoms with Gasteiger partial charge in [0.2, 0.25) is 11.8 Å². The molecular formula is C32H40N4O9. The molecule has 45 heavy (non-hydrogen) atoms. The number of nitrogens with one attached hydrogen (secondary N) is 2. The number of carbonyl (C=O) groups is 5. The Balaban J connectivity index is 1.20. The van der Waals surface area contributed by atoms with Crippen molar-refractivity contribution in [3.05, 3.63) is 47.5 Å². The molecule has 3 fully saturated rings. The van der Waals surface area contributed by atoms with Crippen molar-refractivity contribution in [2.45, 2.75) is 94.3 Å². The van der Waals surface area contributed by atoms with Crippen LogP contribution in [0.2, 0.25) is 0 Å². The molecule has 0 unspecified atom stereocenters. The number of carboxylic acids is 1. The summed E-state index contributed by atoms with van der Waals surface area (Å²) in [5.41, 5.74) is 0.601. The molecule has 1 saturated carbocycles. The quantitative estimate of drug-likeness (QED) is 0.427. The van der Waals surface area contributed by atoms with Gasteiger partial charge in [-0.3, -0.25) is 14.5 Å². The van der Waals surface area contributed by atoms with Crippen molar-refractivity contribution in [2.75, 3.05) is 19.8 Å². The molecule has 13 heteroatoms. The van der Waals surface area contributed by atoms with Gasteiger partial charge in [0.25, 0.3) is 0 Å². The summed E-state index contributed by atoms with van der Waals surface area (Å²) < 4.78 is 16.6. The van der Waals surface area contributed by atoms with Crippen LogP contribution in [0.1, 0.15) is 62.5 Å². The van der Waals surface area contributed by atoms with Gasteiger partial charge in [-0.15, -0.1) is 0 Å². The van der Waals surface area contributed by atoms with Crippen molar-refractivity contribution in [1.29, 1.82) is 0 Å². The molecule has 13 nitrogen and oxygen atoms in total. The van der Waals surface area contributed by atoms with E-state index in [1.165, 1.54) is 4.90 Å². The number of benzene rings is 1. The highest BCUT2D eigenvalue weighted by molar-refractivity contribution is 5.96. The lowest BCUT2D eigenvalue weighted by molar-refractivity contribution is -0.145. The molecule has 0 spiro atoms. The van der Waals surface area contributed by atoms with E-state index in [4.69, 9.17) is 14.2 Å². The maximum absolute atomic E-state index is 14.1. The maximum Gasteiger partial charge on any atom is 0.410 e. The first kappa shape index (κ1) is 30.9. The van der Waals surface area contributed by atoms with Crippen molar-refractivity contribution in [1.82, 2.24) is 20.4 Å². The van der Waals surface area contributed by atoms with Crippen LogP contribution in [0.15, 0.2) is 36.4 Å². The van der Waals surface area contributed by atoms with Gasteiger partial charge < -0.3 is 34.9 Å². The molecule has 0 radical (unpaired) electrons. The SMILES string of the molecule is O=C(N[C@H]1CCCCC/C=C\[C@@H]2C[C@@]2(C(=O)O)NC(=O)[C@@H]2C[C@@H](OC(=O)N3Cc4ccccc4C3)CN2C1=O)O[C@@H]1CCOC1. The summed E-state index contributed by atoms with van der Waals surface area (Å²) in [4.78, 5) is 69.0. The first-order valence-electron chi connectivity index (χ1n) is 15.8. The van der Waals surface area contributed by atoms with Gasteiger partial charge >= 0.3 is 18.2 Å². The van der Waals surface area contributed by atoms with E-state index in [9.17, 15) is 29.1 Å². The summed E-state index contributed by atoms with van der Waals surface area (Å²) in [6.45, 7) is 1.49. The molecular weight excluding hydrogens is 584 g/mol. The summed E-state index contributed by atoms with van der Waals surface area (Å²) in [5, 5.41) is 15.5. The second kappa shape index (κ2) is 13.1. The van der Waals surface area contributed by atoms with Gasteiger partial charge in [-0.1, -0.05) is 49.3 Å². The van der Waals surface area contributed by atoms with Crippen LogP contribution in [0.25, 0.3) is 0 Å². The molecule has 242 valence electrons. The lowest BCUT2D eigenvalue weighted by Gasteiger charge is -2.29. The Bertz CT molecular complexity index is 1340. The molecule has 5 aliphatic rings. The normalized spacial score (nSPS) is 32.2. The van der Waals surface area contributed by atoms with E-state index in [1.54, 1.807) is 4.90 Å². The second-order valence-electron chi connectivity index (χ2n) is 12.6. The summed E-state index contributed by atoms with van der Waals surface area (Å²) in [6, 6.07) is 5.64. The molecule has 3 N–H and O–H groups in total. The lowest BCUT2D eigenvalue weighted by Crippen LogP contribution is -2.56. The van der Waals surface area contributed by atoms with Gasteiger partial charge in [-0.2, -0.15) is 0 Å². The van der Waals surface area contributed by atoms with E-state index in [0.29, 0.717) is 39.0 Å². The third-order valence-corrected chi connectivity index (χ3v) is 9.44. The zero-order chi connectivity index (χ0) is 31.6. The van der Waals surface area contributed by atoms with Crippen molar-refractivity contribution in [3.63, 3.8) is 0 Å². The topological polar surface area (TPSA) is 164 Å². The average molecular weight is 625 g/mol. The number of hydrogen-bond donors (Lipinski definition) is 3. The standard InChI is InChI=1S/C32H40N4O9/c37-27-26-14-24(45-31(42)35-16-20-8-6-7-9-21(20)17-35)18-36(26)28(38)25(33-30(41)44-23-12-13-43-19-23)11-5-3-1-2-4-10-22-15-32(22,34-27)29(39)40/h4,6-10,22-26H,1-3,5,11-19H2,(H,33,41)(H,34,37)(H,39,40)/b10-4-/t22-,23-,24-,25+,26+,32-/m1/s1. The number of fused-ring (bicyclic) bond motifs is 3. The summed E-state index contributed by atoms with van der Waals surface area (Å²) >= 11 is 0. The smallest absolute Gasteiger partial charge is 0.410 e. The van der Waals surface area contributed by atoms with Gasteiger partial charge in [0.05, 0.1) is 19.8 Å². The molecule has 1 aliphatic carbocycles. The van der Waals surface area contributed by atoms with Crippen molar-refractivity contribution in [3.8, 4) is 0 Å². The first-order chi connectivity index (χ1) is 21.7. The van der Waals surface area contributed by atoms with E-state index in [1.807, 2.05) is 36.4 Å². The molecule has 6 atom stereocenters. The van der Waals surface area contributed by atoms with Crippen LogP contribution in [0.3, 0.4) is 0 Å². The Kier molecular flexibility index (Phi) is 8.97. The third kappa shape index (κ3) is 6.77. The highest BCUT2D eigenvalue weighted by atomic mass is 16.6. The molecule has 1 aromatic rings. The van der Waals surface area contributed by atoms with Gasteiger partial charge in [-0.25, -0.2) is 14.4 Å². The van der Waals surface area contributed by atoms with Crippen LogP contribution in [0, 0.1) is 5.92 Å². The number of ether oxygens (including phenoxy) is 3. The number of carboxylic acid groups (broad SMARTS) is 1. The van der Waals surface area contributed by atoms with Gasteiger partial charge in [0, 0.05) is 31.8 Å². The van der Waals surface area contributed by atoms with Crippen LogP contribution in [-0.2, 0) is 41.7 Å². The minimum absolute atomic E-state index is 0.00309. The number of rotatable bonds is 4. The summed E-state index contributed by atoms with van der Waals surface area (Å²) in [6.07, 6.45) is 5.39. The number of alkyl carbamates (subject to hydrolysis) is 1. The Morgan fingerprint density at radius 2 is 1.80 bits per heavy atom. The summed E-state index contributed by atoms with van der Waals surface area (Å²) in [7, 11) is 0. The molecule has 0 bridgehead atoms. The van der Waals surface area contributed by atoms with Gasteiger partial charge in [-0.05, 0) is 36.8 Å². The predicted octanol–water partition coefficient (Wildman–Crippen LogP) is 2.47. The van der Waals surface area contributed by atoms with E-state index in [2.05, 4.69) is 10.6 Å². The number of carbonyl (C=O) groups excluding carboxylic acids is 4. The minimum atomic E-state index is -1.45. The number of nitrogens with zero attached hydrogens (tertiary/aromatic N) is 2. The Hall–Kier alpha value is -4.13. The largest absolute Gasteiger partial charge is 0.479 e. The van der Waals surface area contributed by atoms with Gasteiger partial charge in [0.1, 0.15) is 29.8 Å². The molecule has 4 amide bonds. The van der Waals surface area contributed by atoms with E-state index in [-0.39, 0.29) is 31.9 Å². The highest BCUT2D eigenvalue weighted by Gasteiger charge is 2.61. The second-order valence-corrected chi connectivity index (χ2v) is 12.6. The Morgan fingerprint density at radius 3 is 2.51 bits per heavy atom. The minimum Gasteiger partial charge on any atom is -0.479 e. The van der Waals surface area contributed by atoms with E-state index >= 15 is 0 Å². The van der Waals surface area contributed by atoms with Crippen LogP contribution < -0.4 is 10.6 Å². The van der Waals surface area contributed by atoms with E-state index in [0.717, 1.165) is 30.4 Å². The van der Waals surface area contributed by atoms with Crippen molar-refractivity contribution in [2.24, 2.45) is 5.92 Å². The van der Waals surface area contributed by atoms with Crippen LogP contribution in [0.4, 0.5) is 9.59 Å². The van der Waals surface area contributed by atoms with Crippen LogP contribution in [0.5, 0.6) is 0 Å². The zero-order valence-corrected chi connectivity index (χ0v) is 25.2. The number of aliphatic carboxylic acids is 1. The number of allylic oxidation sites excluding steroid dienone is 1. The fraction of sp³-hybridized carbons (Fsp3) is 0.594. The predicted molar refractivity (Wildman–Crippen MR) is 158 cm³/mol. The Labute approximate surface area is 261 Å². The monoisotopic (exact) mass is 624 g/mol.